The van der Waals surface area contributed by atoms with E-state index in [0.29, 0.717) is 0 Å². The lowest BCUT2D eigenvalue weighted by molar-refractivity contribution is -0.00879. The fourth-order valence-electron chi connectivity index (χ4n) is 2.97. The Morgan fingerprint density at radius 1 is 0.957 bits per heavy atom. The summed E-state index contributed by atoms with van der Waals surface area (Å²) >= 11 is 0. The molecule has 2 aromatic rings. The molecule has 1 saturated heterocycles. The fourth-order valence-corrected chi connectivity index (χ4v) is 2.97. The van der Waals surface area contributed by atoms with Crippen molar-refractivity contribution in [1.29, 1.82) is 0 Å². The van der Waals surface area contributed by atoms with Crippen molar-refractivity contribution in [1.82, 2.24) is 0 Å². The first-order valence-corrected chi connectivity index (χ1v) is 7.97. The molecule has 1 unspecified atom stereocenters. The van der Waals surface area contributed by atoms with Gasteiger partial charge in [-0.05, 0) is 43.9 Å². The maximum Gasteiger partial charge on any atom is 0.494 e. The molecule has 2 aromatic carbocycles. The molecule has 1 heterocycles. The van der Waals surface area contributed by atoms with E-state index in [-0.39, 0.29) is 7.12 Å². The van der Waals surface area contributed by atoms with E-state index in [2.05, 4.69) is 32.9 Å². The van der Waals surface area contributed by atoms with Crippen molar-refractivity contribution >= 4 is 12.6 Å². The molecule has 0 aliphatic carbocycles. The van der Waals surface area contributed by atoms with Crippen LogP contribution in [0.1, 0.15) is 26.3 Å². The maximum atomic E-state index is 6.36. The molecule has 0 spiro atoms. The normalized spacial score (nSPS) is 23.0. The van der Waals surface area contributed by atoms with E-state index in [1.54, 1.807) is 7.11 Å². The Morgan fingerprint density at radius 3 is 2.39 bits per heavy atom. The van der Waals surface area contributed by atoms with Crippen LogP contribution in [0.15, 0.2) is 54.6 Å². The summed E-state index contributed by atoms with van der Waals surface area (Å²) < 4.78 is 17.9. The van der Waals surface area contributed by atoms with Gasteiger partial charge in [0.15, 0.2) is 0 Å². The predicted octanol–water partition coefficient (Wildman–Crippen LogP) is 3.22. The molecule has 0 saturated carbocycles. The van der Waals surface area contributed by atoms with Crippen molar-refractivity contribution in [3.63, 3.8) is 0 Å². The zero-order chi connectivity index (χ0) is 16.5. The first-order chi connectivity index (χ1) is 10.9. The van der Waals surface area contributed by atoms with Crippen LogP contribution in [0.25, 0.3) is 0 Å². The number of rotatable bonds is 4. The van der Waals surface area contributed by atoms with Crippen molar-refractivity contribution in [3.8, 4) is 5.75 Å². The minimum Gasteiger partial charge on any atom is -0.497 e. The van der Waals surface area contributed by atoms with Gasteiger partial charge >= 0.3 is 7.12 Å². The molecule has 1 atom stereocenters. The minimum absolute atomic E-state index is 0.332. The third-order valence-electron chi connectivity index (χ3n) is 4.79. The van der Waals surface area contributed by atoms with E-state index >= 15 is 0 Å². The summed E-state index contributed by atoms with van der Waals surface area (Å²) in [6.45, 7) is 6.31. The number of methoxy groups -OCH3 is 1. The molecule has 1 aliphatic rings. The number of hydrogen-bond donors (Lipinski definition) is 0. The molecule has 120 valence electrons. The van der Waals surface area contributed by atoms with Crippen LogP contribution >= 0.6 is 0 Å². The average molecular weight is 310 g/mol. The van der Waals surface area contributed by atoms with Gasteiger partial charge in [0.2, 0.25) is 0 Å². The molecule has 0 N–H and O–H groups in total. The highest BCUT2D eigenvalue weighted by molar-refractivity contribution is 6.62. The van der Waals surface area contributed by atoms with Gasteiger partial charge < -0.3 is 14.0 Å². The molecule has 1 fully saturated rings. The van der Waals surface area contributed by atoms with Crippen LogP contribution in [0.5, 0.6) is 5.75 Å². The molecule has 1 aliphatic heterocycles. The van der Waals surface area contributed by atoms with Gasteiger partial charge in [0.05, 0.1) is 18.3 Å². The highest BCUT2D eigenvalue weighted by Gasteiger charge is 2.54. The van der Waals surface area contributed by atoms with Crippen LogP contribution in [-0.2, 0) is 15.7 Å². The van der Waals surface area contributed by atoms with Gasteiger partial charge in [-0.25, -0.2) is 0 Å². The van der Waals surface area contributed by atoms with Gasteiger partial charge in [-0.1, -0.05) is 42.5 Å². The van der Waals surface area contributed by atoms with Crippen LogP contribution in [0.3, 0.4) is 0 Å². The Labute approximate surface area is 138 Å². The molecular weight excluding hydrogens is 287 g/mol. The SMILES string of the molecule is COc1cccc(CC2(C)OB(c3ccccc3)OC2(C)C)c1. The zero-order valence-electron chi connectivity index (χ0n) is 14.2. The zero-order valence-corrected chi connectivity index (χ0v) is 14.2. The largest absolute Gasteiger partial charge is 0.497 e. The Hall–Kier alpha value is -1.78. The smallest absolute Gasteiger partial charge is 0.494 e. The molecule has 0 radical (unpaired) electrons. The highest BCUT2D eigenvalue weighted by Crippen LogP contribution is 2.39. The van der Waals surface area contributed by atoms with Gasteiger partial charge in [0, 0.05) is 6.42 Å². The van der Waals surface area contributed by atoms with Gasteiger partial charge in [0.1, 0.15) is 5.75 Å². The first kappa shape index (κ1) is 16.1. The van der Waals surface area contributed by atoms with Crippen LogP contribution < -0.4 is 10.2 Å². The van der Waals surface area contributed by atoms with Gasteiger partial charge in [-0.15, -0.1) is 0 Å². The molecule has 3 nitrogen and oxygen atoms in total. The second-order valence-electron chi connectivity index (χ2n) is 6.75. The number of benzene rings is 2. The van der Waals surface area contributed by atoms with Gasteiger partial charge in [-0.3, -0.25) is 0 Å². The Balaban J connectivity index is 1.84. The number of hydrogen-bond acceptors (Lipinski definition) is 3. The molecule has 4 heteroatoms. The molecular formula is C19H23BO3. The van der Waals surface area contributed by atoms with Crippen LogP contribution in [0, 0.1) is 0 Å². The molecule has 0 aromatic heterocycles. The van der Waals surface area contributed by atoms with E-state index in [9.17, 15) is 0 Å². The quantitative estimate of drug-likeness (QED) is 0.812. The topological polar surface area (TPSA) is 27.7 Å². The lowest BCUT2D eigenvalue weighted by Gasteiger charge is -2.36. The van der Waals surface area contributed by atoms with Crippen molar-refractivity contribution in [2.45, 2.75) is 38.4 Å². The fraction of sp³-hybridized carbons (Fsp3) is 0.368. The molecule has 0 bridgehead atoms. The van der Waals surface area contributed by atoms with E-state index in [1.165, 1.54) is 5.56 Å². The predicted molar refractivity (Wildman–Crippen MR) is 93.2 cm³/mol. The lowest BCUT2D eigenvalue weighted by atomic mass is 9.79. The van der Waals surface area contributed by atoms with Crippen LogP contribution in [0.2, 0.25) is 0 Å². The second-order valence-corrected chi connectivity index (χ2v) is 6.75. The summed E-state index contributed by atoms with van der Waals surface area (Å²) in [5.74, 6) is 0.863. The summed E-state index contributed by atoms with van der Waals surface area (Å²) in [6, 6.07) is 18.2. The Morgan fingerprint density at radius 2 is 1.70 bits per heavy atom. The molecule has 0 amide bonds. The highest BCUT2D eigenvalue weighted by atomic mass is 16.7. The Bertz CT molecular complexity index is 671. The van der Waals surface area contributed by atoms with E-state index in [4.69, 9.17) is 14.0 Å². The summed E-state index contributed by atoms with van der Waals surface area (Å²) in [5.41, 5.74) is 1.42. The van der Waals surface area contributed by atoms with E-state index in [1.807, 2.05) is 42.5 Å². The Kier molecular flexibility index (Phi) is 4.22. The van der Waals surface area contributed by atoms with Crippen molar-refractivity contribution in [2.75, 3.05) is 7.11 Å². The van der Waals surface area contributed by atoms with Crippen LogP contribution in [0.4, 0.5) is 0 Å². The van der Waals surface area contributed by atoms with Crippen molar-refractivity contribution < 1.29 is 14.0 Å². The second kappa shape index (κ2) is 6.02. The standard InChI is InChI=1S/C19H23BO3/c1-18(2)19(3,14-15-9-8-12-17(13-15)21-4)23-20(22-18)16-10-6-5-7-11-16/h5-13H,14H2,1-4H3. The third kappa shape index (κ3) is 3.14. The van der Waals surface area contributed by atoms with Gasteiger partial charge in [-0.2, -0.15) is 0 Å². The number of ether oxygens (including phenoxy) is 1. The minimum atomic E-state index is -0.417. The summed E-state index contributed by atoms with van der Waals surface area (Å²) in [7, 11) is 1.35. The molecule has 23 heavy (non-hydrogen) atoms. The molecule has 3 rings (SSSR count). The van der Waals surface area contributed by atoms with E-state index < -0.39 is 11.2 Å². The van der Waals surface area contributed by atoms with Crippen molar-refractivity contribution in [3.05, 3.63) is 60.2 Å². The lowest BCUT2D eigenvalue weighted by Crippen LogP contribution is -2.46. The maximum absolute atomic E-state index is 6.36. The van der Waals surface area contributed by atoms with Gasteiger partial charge in [0.25, 0.3) is 0 Å². The van der Waals surface area contributed by atoms with E-state index in [0.717, 1.165) is 17.6 Å². The monoisotopic (exact) mass is 310 g/mol. The first-order valence-electron chi connectivity index (χ1n) is 7.97. The third-order valence-corrected chi connectivity index (χ3v) is 4.79. The summed E-state index contributed by atoms with van der Waals surface area (Å²) in [4.78, 5) is 0. The average Bonchev–Trinajstić information content (AvgIpc) is 2.78. The summed E-state index contributed by atoms with van der Waals surface area (Å²) in [6.07, 6.45) is 0.764. The summed E-state index contributed by atoms with van der Waals surface area (Å²) in [5, 5.41) is 0. The van der Waals surface area contributed by atoms with Crippen LogP contribution in [-0.4, -0.2) is 25.4 Å². The van der Waals surface area contributed by atoms with Crippen molar-refractivity contribution in [2.24, 2.45) is 0 Å².